The lowest BCUT2D eigenvalue weighted by Gasteiger charge is -2.14. The molecule has 0 spiro atoms. The third-order valence-corrected chi connectivity index (χ3v) is 3.64. The van der Waals surface area contributed by atoms with Crippen LogP contribution in [0.5, 0.6) is 0 Å². The van der Waals surface area contributed by atoms with Gasteiger partial charge in [0.05, 0.1) is 0 Å². The molecule has 0 heterocycles. The monoisotopic (exact) mass is 327 g/mol. The molecule has 0 amide bonds. The van der Waals surface area contributed by atoms with E-state index in [1.54, 1.807) is 0 Å². The van der Waals surface area contributed by atoms with Crippen LogP contribution >= 0.6 is 0 Å². The number of hydrogen-bond acceptors (Lipinski definition) is 4. The van der Waals surface area contributed by atoms with Crippen molar-refractivity contribution in [1.82, 2.24) is 4.90 Å². The van der Waals surface area contributed by atoms with Crippen LogP contribution in [0, 0.1) is 0 Å². The summed E-state index contributed by atoms with van der Waals surface area (Å²) in [5.41, 5.74) is 13.7. The van der Waals surface area contributed by atoms with E-state index in [0.717, 1.165) is 50.9 Å². The molecule has 0 saturated carbocycles. The third-order valence-electron chi connectivity index (χ3n) is 3.64. The van der Waals surface area contributed by atoms with E-state index in [1.807, 2.05) is 42.5 Å². The first kappa shape index (κ1) is 20.0. The average molecular weight is 327 g/mol. The largest absolute Gasteiger partial charge is 0.330 e. The minimum absolute atomic E-state index is 0.713. The number of aldehydes is 1. The lowest BCUT2D eigenvalue weighted by Crippen LogP contribution is -2.24. The molecule has 0 atom stereocenters. The maximum atomic E-state index is 10.5. The predicted molar refractivity (Wildman–Crippen MR) is 102 cm³/mol. The van der Waals surface area contributed by atoms with Gasteiger partial charge in [-0.3, -0.25) is 4.79 Å². The Morgan fingerprint density at radius 1 is 0.833 bits per heavy atom. The lowest BCUT2D eigenvalue weighted by atomic mass is 10.0. The topological polar surface area (TPSA) is 72.3 Å². The summed E-state index contributed by atoms with van der Waals surface area (Å²) in [5, 5.41) is 0. The highest BCUT2D eigenvalue weighted by Gasteiger charge is 1.96. The van der Waals surface area contributed by atoms with Crippen LogP contribution in [0.1, 0.15) is 23.2 Å². The van der Waals surface area contributed by atoms with Crippen molar-refractivity contribution in [3.05, 3.63) is 60.2 Å². The smallest absolute Gasteiger partial charge is 0.150 e. The average Bonchev–Trinajstić information content (AvgIpc) is 2.66. The Bertz CT molecular complexity index is 547. The highest BCUT2D eigenvalue weighted by molar-refractivity contribution is 5.76. The molecule has 0 saturated heterocycles. The predicted octanol–water partition coefficient (Wildman–Crippen LogP) is 2.78. The molecule has 2 aromatic carbocycles. The van der Waals surface area contributed by atoms with Crippen molar-refractivity contribution in [3.63, 3.8) is 0 Å². The Labute approximate surface area is 145 Å². The Kier molecular flexibility index (Phi) is 10.4. The van der Waals surface area contributed by atoms with Crippen LogP contribution in [0.3, 0.4) is 0 Å². The standard InChI is InChI=1S/C13H10O.C7H19N3/c14-10-11-6-8-13(9-7-11)12-4-2-1-3-5-12;1-10(6-2-4-8)7-3-5-9/h1-10H;2-9H2,1H3. The van der Waals surface area contributed by atoms with E-state index < -0.39 is 0 Å². The third kappa shape index (κ3) is 8.02. The van der Waals surface area contributed by atoms with E-state index in [9.17, 15) is 4.79 Å². The molecular formula is C20H29N3O. The molecule has 0 aliphatic rings. The van der Waals surface area contributed by atoms with Gasteiger partial charge in [0.1, 0.15) is 6.29 Å². The minimum Gasteiger partial charge on any atom is -0.330 e. The number of nitrogens with zero attached hydrogens (tertiary/aromatic N) is 1. The lowest BCUT2D eigenvalue weighted by molar-refractivity contribution is 0.112. The van der Waals surface area contributed by atoms with Gasteiger partial charge >= 0.3 is 0 Å². The maximum Gasteiger partial charge on any atom is 0.150 e. The Balaban J connectivity index is 0.000000257. The van der Waals surface area contributed by atoms with Crippen molar-refractivity contribution >= 4 is 6.29 Å². The van der Waals surface area contributed by atoms with Gasteiger partial charge in [0.25, 0.3) is 0 Å². The summed E-state index contributed by atoms with van der Waals surface area (Å²) in [6.45, 7) is 3.76. The number of carbonyl (C=O) groups excluding carboxylic acids is 1. The van der Waals surface area contributed by atoms with Gasteiger partial charge in [0, 0.05) is 5.56 Å². The van der Waals surface area contributed by atoms with Gasteiger partial charge in [-0.15, -0.1) is 0 Å². The van der Waals surface area contributed by atoms with Crippen LogP contribution in [0.25, 0.3) is 11.1 Å². The van der Waals surface area contributed by atoms with Crippen molar-refractivity contribution in [3.8, 4) is 11.1 Å². The summed E-state index contributed by atoms with van der Waals surface area (Å²) >= 11 is 0. The molecule has 0 radical (unpaired) electrons. The van der Waals surface area contributed by atoms with Crippen LogP contribution in [0.4, 0.5) is 0 Å². The molecular weight excluding hydrogens is 298 g/mol. The second-order valence-corrected chi connectivity index (χ2v) is 5.69. The first-order valence-corrected chi connectivity index (χ1v) is 8.40. The summed E-state index contributed by atoms with van der Waals surface area (Å²) in [7, 11) is 2.10. The first-order chi connectivity index (χ1) is 11.7. The summed E-state index contributed by atoms with van der Waals surface area (Å²) in [6.07, 6.45) is 3.02. The van der Waals surface area contributed by atoms with Gasteiger partial charge in [0.2, 0.25) is 0 Å². The van der Waals surface area contributed by atoms with Crippen molar-refractivity contribution in [1.29, 1.82) is 0 Å². The molecule has 4 nitrogen and oxygen atoms in total. The quantitative estimate of drug-likeness (QED) is 0.731. The number of nitrogens with two attached hydrogens (primary N) is 2. The zero-order valence-electron chi connectivity index (χ0n) is 14.5. The highest BCUT2D eigenvalue weighted by Crippen LogP contribution is 2.18. The molecule has 4 heteroatoms. The SMILES string of the molecule is CN(CCCN)CCCN.O=Cc1ccc(-c2ccccc2)cc1. The summed E-state index contributed by atoms with van der Waals surface area (Å²) in [4.78, 5) is 12.7. The van der Waals surface area contributed by atoms with Crippen molar-refractivity contribution in [2.24, 2.45) is 11.5 Å². The van der Waals surface area contributed by atoms with Crippen LogP contribution in [-0.4, -0.2) is 44.4 Å². The molecule has 4 N–H and O–H groups in total. The first-order valence-electron chi connectivity index (χ1n) is 8.40. The fraction of sp³-hybridized carbons (Fsp3) is 0.350. The fourth-order valence-corrected chi connectivity index (χ4v) is 2.22. The number of hydrogen-bond donors (Lipinski definition) is 2. The van der Waals surface area contributed by atoms with E-state index in [-0.39, 0.29) is 0 Å². The molecule has 0 bridgehead atoms. The van der Waals surface area contributed by atoms with Crippen molar-refractivity contribution in [2.45, 2.75) is 12.8 Å². The molecule has 0 unspecified atom stereocenters. The van der Waals surface area contributed by atoms with Gasteiger partial charge in [-0.2, -0.15) is 0 Å². The van der Waals surface area contributed by atoms with Gasteiger partial charge < -0.3 is 16.4 Å². The molecule has 0 aliphatic heterocycles. The van der Waals surface area contributed by atoms with Gasteiger partial charge in [-0.1, -0.05) is 54.6 Å². The Morgan fingerprint density at radius 2 is 1.33 bits per heavy atom. The highest BCUT2D eigenvalue weighted by atomic mass is 16.1. The fourth-order valence-electron chi connectivity index (χ4n) is 2.22. The van der Waals surface area contributed by atoms with Crippen molar-refractivity contribution < 1.29 is 4.79 Å². The molecule has 0 aliphatic carbocycles. The normalized spacial score (nSPS) is 10.2. The summed E-state index contributed by atoms with van der Waals surface area (Å²) in [5.74, 6) is 0. The second kappa shape index (κ2) is 12.4. The van der Waals surface area contributed by atoms with E-state index in [2.05, 4.69) is 24.1 Å². The zero-order chi connectivity index (χ0) is 17.6. The van der Waals surface area contributed by atoms with Crippen LogP contribution < -0.4 is 11.5 Å². The summed E-state index contributed by atoms with van der Waals surface area (Å²) < 4.78 is 0. The summed E-state index contributed by atoms with van der Waals surface area (Å²) in [6, 6.07) is 17.7. The van der Waals surface area contributed by atoms with E-state index >= 15 is 0 Å². The molecule has 0 fully saturated rings. The van der Waals surface area contributed by atoms with Crippen LogP contribution in [0.2, 0.25) is 0 Å². The minimum atomic E-state index is 0.713. The van der Waals surface area contributed by atoms with Crippen molar-refractivity contribution in [2.75, 3.05) is 33.2 Å². The van der Waals surface area contributed by atoms with E-state index in [4.69, 9.17) is 11.5 Å². The molecule has 130 valence electrons. The molecule has 0 aromatic heterocycles. The van der Waals surface area contributed by atoms with Gasteiger partial charge in [-0.25, -0.2) is 0 Å². The maximum absolute atomic E-state index is 10.5. The van der Waals surface area contributed by atoms with Crippen LogP contribution in [0.15, 0.2) is 54.6 Å². The van der Waals surface area contributed by atoms with Gasteiger partial charge in [0.15, 0.2) is 0 Å². The Hall–Kier alpha value is -2.01. The molecule has 2 rings (SSSR count). The second-order valence-electron chi connectivity index (χ2n) is 5.69. The van der Waals surface area contributed by atoms with Gasteiger partial charge in [-0.05, 0) is 57.2 Å². The van der Waals surface area contributed by atoms with E-state index in [1.165, 1.54) is 5.56 Å². The zero-order valence-corrected chi connectivity index (χ0v) is 14.5. The number of rotatable bonds is 8. The van der Waals surface area contributed by atoms with Crippen LogP contribution in [-0.2, 0) is 0 Å². The number of carbonyl (C=O) groups is 1. The van der Waals surface area contributed by atoms with E-state index in [0.29, 0.717) is 5.56 Å². The molecule has 24 heavy (non-hydrogen) atoms. The number of benzene rings is 2. The molecule has 2 aromatic rings. The Morgan fingerprint density at radius 3 is 1.79 bits per heavy atom.